The summed E-state index contributed by atoms with van der Waals surface area (Å²) in [4.78, 5) is 33.5. The third-order valence-corrected chi connectivity index (χ3v) is 2.79. The quantitative estimate of drug-likeness (QED) is 0.735. The van der Waals surface area contributed by atoms with Crippen LogP contribution in [0.5, 0.6) is 0 Å². The number of carboxylic acid groups (broad SMARTS) is 2. The molecule has 1 atom stereocenters. The van der Waals surface area contributed by atoms with Crippen molar-refractivity contribution in [1.82, 2.24) is 9.88 Å². The fourth-order valence-corrected chi connectivity index (χ4v) is 1.87. The molecule has 7 nitrogen and oxygen atoms in total. The number of carbonyl (C=O) groups is 3. The molecule has 0 saturated heterocycles. The lowest BCUT2D eigenvalue weighted by Gasteiger charge is -2.15. The average molecular weight is 303 g/mol. The van der Waals surface area contributed by atoms with Gasteiger partial charge in [-0.1, -0.05) is 11.6 Å². The van der Waals surface area contributed by atoms with Crippen LogP contribution in [-0.4, -0.2) is 38.7 Å². The fourth-order valence-electron chi connectivity index (χ4n) is 1.66. The summed E-state index contributed by atoms with van der Waals surface area (Å²) in [5.41, 5.74) is 0.182. The Balaban J connectivity index is 2.94. The van der Waals surface area contributed by atoms with Crippen LogP contribution in [0.15, 0.2) is 12.3 Å². The number of carboxylic acids is 2. The molecule has 110 valence electrons. The van der Waals surface area contributed by atoms with Crippen LogP contribution < -0.4 is 5.32 Å². The number of carbonyl (C=O) groups excluding carboxylic acids is 1. The molecule has 3 N–H and O–H groups in total. The molecular weight excluding hydrogens is 288 g/mol. The van der Waals surface area contributed by atoms with Crippen molar-refractivity contribution in [3.8, 4) is 0 Å². The van der Waals surface area contributed by atoms with E-state index in [-0.39, 0.29) is 11.7 Å². The highest BCUT2D eigenvalue weighted by atomic mass is 35.5. The lowest BCUT2D eigenvalue weighted by Crippen LogP contribution is -2.42. The van der Waals surface area contributed by atoms with Crippen LogP contribution in [-0.2, 0) is 9.59 Å². The van der Waals surface area contributed by atoms with Gasteiger partial charge >= 0.3 is 11.9 Å². The Kier molecular flexibility index (Phi) is 5.15. The number of amides is 1. The SMILES string of the molecule is CC(C)n1cc(Cl)cc1C(=O)NC(CC(=O)O)C(=O)O. The summed E-state index contributed by atoms with van der Waals surface area (Å²) in [7, 11) is 0. The van der Waals surface area contributed by atoms with E-state index in [9.17, 15) is 14.4 Å². The van der Waals surface area contributed by atoms with Crippen LogP contribution in [0.25, 0.3) is 0 Å². The van der Waals surface area contributed by atoms with Crippen molar-refractivity contribution in [2.45, 2.75) is 32.4 Å². The van der Waals surface area contributed by atoms with Gasteiger partial charge in [0.05, 0.1) is 11.4 Å². The zero-order valence-electron chi connectivity index (χ0n) is 11.0. The molecule has 1 aromatic rings. The maximum Gasteiger partial charge on any atom is 0.326 e. The van der Waals surface area contributed by atoms with Gasteiger partial charge < -0.3 is 20.1 Å². The monoisotopic (exact) mass is 302 g/mol. The minimum atomic E-state index is -1.49. The number of hydrogen-bond acceptors (Lipinski definition) is 3. The van der Waals surface area contributed by atoms with Crippen molar-refractivity contribution in [3.63, 3.8) is 0 Å². The minimum Gasteiger partial charge on any atom is -0.481 e. The van der Waals surface area contributed by atoms with Crippen LogP contribution in [0.1, 0.15) is 36.8 Å². The summed E-state index contributed by atoms with van der Waals surface area (Å²) in [6.07, 6.45) is 0.852. The van der Waals surface area contributed by atoms with Crippen molar-refractivity contribution < 1.29 is 24.6 Å². The smallest absolute Gasteiger partial charge is 0.326 e. The number of aliphatic carboxylic acids is 2. The van der Waals surface area contributed by atoms with Gasteiger partial charge in [-0.2, -0.15) is 0 Å². The Morgan fingerprint density at radius 1 is 1.35 bits per heavy atom. The first-order chi connectivity index (χ1) is 9.22. The van der Waals surface area contributed by atoms with Crippen LogP contribution in [0.2, 0.25) is 5.02 Å². The molecule has 1 unspecified atom stereocenters. The van der Waals surface area contributed by atoms with E-state index >= 15 is 0 Å². The number of nitrogens with zero attached hydrogens (tertiary/aromatic N) is 1. The minimum absolute atomic E-state index is 0.0500. The summed E-state index contributed by atoms with van der Waals surface area (Å²) in [5, 5.41) is 20.0. The predicted molar refractivity (Wildman–Crippen MR) is 71.0 cm³/mol. The summed E-state index contributed by atoms with van der Waals surface area (Å²) < 4.78 is 1.58. The first-order valence-electron chi connectivity index (χ1n) is 5.85. The van der Waals surface area contributed by atoms with Gasteiger partial charge in [-0.3, -0.25) is 9.59 Å². The molecule has 1 amide bonds. The van der Waals surface area contributed by atoms with Crippen LogP contribution in [0.4, 0.5) is 0 Å². The van der Waals surface area contributed by atoms with Gasteiger partial charge in [0.2, 0.25) is 0 Å². The zero-order chi connectivity index (χ0) is 15.4. The van der Waals surface area contributed by atoms with Crippen molar-refractivity contribution >= 4 is 29.4 Å². The summed E-state index contributed by atoms with van der Waals surface area (Å²) in [6.45, 7) is 3.66. The largest absolute Gasteiger partial charge is 0.481 e. The van der Waals surface area contributed by atoms with Crippen molar-refractivity contribution in [2.75, 3.05) is 0 Å². The maximum absolute atomic E-state index is 12.0. The van der Waals surface area contributed by atoms with E-state index in [2.05, 4.69) is 5.32 Å². The van der Waals surface area contributed by atoms with E-state index < -0.39 is 30.3 Å². The van der Waals surface area contributed by atoms with Gasteiger partial charge in [0.1, 0.15) is 11.7 Å². The van der Waals surface area contributed by atoms with Crippen molar-refractivity contribution in [1.29, 1.82) is 0 Å². The molecule has 1 aromatic heterocycles. The Morgan fingerprint density at radius 3 is 2.40 bits per heavy atom. The summed E-state index contributed by atoms with van der Waals surface area (Å²) >= 11 is 5.83. The lowest BCUT2D eigenvalue weighted by atomic mass is 10.2. The predicted octanol–water partition coefficient (Wildman–Crippen LogP) is 1.38. The highest BCUT2D eigenvalue weighted by Gasteiger charge is 2.25. The molecule has 0 aliphatic rings. The first-order valence-corrected chi connectivity index (χ1v) is 6.23. The Hall–Kier alpha value is -2.02. The Bertz CT molecular complexity index is 538. The number of nitrogens with one attached hydrogen (secondary N) is 1. The van der Waals surface area contributed by atoms with Gasteiger partial charge in [-0.25, -0.2) is 4.79 Å². The molecule has 1 heterocycles. The highest BCUT2D eigenvalue weighted by Crippen LogP contribution is 2.19. The molecular formula is C12H15ClN2O5. The number of hydrogen-bond donors (Lipinski definition) is 3. The van der Waals surface area contributed by atoms with Gasteiger partial charge in [-0.05, 0) is 19.9 Å². The third-order valence-electron chi connectivity index (χ3n) is 2.59. The molecule has 8 heteroatoms. The second kappa shape index (κ2) is 6.42. The molecule has 0 aliphatic heterocycles. The second-order valence-corrected chi connectivity index (χ2v) is 4.94. The van der Waals surface area contributed by atoms with E-state index in [0.717, 1.165) is 0 Å². The first kappa shape index (κ1) is 16.0. The Labute approximate surface area is 120 Å². The Morgan fingerprint density at radius 2 is 1.95 bits per heavy atom. The number of aromatic nitrogens is 1. The lowest BCUT2D eigenvalue weighted by molar-refractivity contribution is -0.145. The molecule has 0 saturated carbocycles. The van der Waals surface area contributed by atoms with Crippen LogP contribution in [0.3, 0.4) is 0 Å². The van der Waals surface area contributed by atoms with E-state index in [4.69, 9.17) is 21.8 Å². The van der Waals surface area contributed by atoms with Gasteiger partial charge in [0, 0.05) is 12.2 Å². The zero-order valence-corrected chi connectivity index (χ0v) is 11.7. The fraction of sp³-hybridized carbons (Fsp3) is 0.417. The van der Waals surface area contributed by atoms with Gasteiger partial charge in [-0.15, -0.1) is 0 Å². The van der Waals surface area contributed by atoms with E-state index in [0.29, 0.717) is 5.02 Å². The molecule has 1 rings (SSSR count). The molecule has 0 fully saturated rings. The molecule has 0 aliphatic carbocycles. The standard InChI is InChI=1S/C12H15ClN2O5/c1-6(2)15-5-7(13)3-9(15)11(18)14-8(12(19)20)4-10(16)17/h3,5-6,8H,4H2,1-2H3,(H,14,18)(H,16,17)(H,19,20). The maximum atomic E-state index is 12.0. The third kappa shape index (κ3) is 3.99. The molecule has 20 heavy (non-hydrogen) atoms. The van der Waals surface area contributed by atoms with Crippen molar-refractivity contribution in [3.05, 3.63) is 23.0 Å². The van der Waals surface area contributed by atoms with E-state index in [1.807, 2.05) is 13.8 Å². The summed E-state index contributed by atoms with van der Waals surface area (Å²) in [6, 6.07) is -0.142. The second-order valence-electron chi connectivity index (χ2n) is 4.51. The molecule has 0 bridgehead atoms. The average Bonchev–Trinajstić information content (AvgIpc) is 2.69. The number of rotatable bonds is 6. The highest BCUT2D eigenvalue weighted by molar-refractivity contribution is 6.31. The number of halogens is 1. The molecule has 0 aromatic carbocycles. The van der Waals surface area contributed by atoms with Gasteiger partial charge in [0.15, 0.2) is 0 Å². The van der Waals surface area contributed by atoms with E-state index in [1.165, 1.54) is 6.07 Å². The van der Waals surface area contributed by atoms with E-state index in [1.54, 1.807) is 10.8 Å². The molecule has 0 radical (unpaired) electrons. The topological polar surface area (TPSA) is 109 Å². The molecule has 0 spiro atoms. The van der Waals surface area contributed by atoms with Crippen LogP contribution >= 0.6 is 11.6 Å². The normalized spacial score (nSPS) is 12.2. The summed E-state index contributed by atoms with van der Waals surface area (Å²) in [5.74, 6) is -3.40. The van der Waals surface area contributed by atoms with Crippen molar-refractivity contribution in [2.24, 2.45) is 0 Å². The van der Waals surface area contributed by atoms with Gasteiger partial charge in [0.25, 0.3) is 5.91 Å². The van der Waals surface area contributed by atoms with Crippen LogP contribution in [0, 0.1) is 0 Å².